The first-order valence-corrected chi connectivity index (χ1v) is 6.29. The fourth-order valence-corrected chi connectivity index (χ4v) is 1.87. The van der Waals surface area contributed by atoms with Gasteiger partial charge < -0.3 is 10.9 Å². The largest absolute Gasteiger partial charge is 0.409 e. The maximum absolute atomic E-state index is 8.56. The van der Waals surface area contributed by atoms with Gasteiger partial charge in [-0.05, 0) is 26.3 Å². The molecule has 18 heavy (non-hydrogen) atoms. The van der Waals surface area contributed by atoms with Gasteiger partial charge in [-0.15, -0.1) is 0 Å². The van der Waals surface area contributed by atoms with E-state index in [1.165, 1.54) is 11.1 Å². The van der Waals surface area contributed by atoms with Crippen LogP contribution in [0.25, 0.3) is 0 Å². The van der Waals surface area contributed by atoms with E-state index in [1.807, 2.05) is 0 Å². The predicted octanol–water partition coefficient (Wildman–Crippen LogP) is 2.34. The second kappa shape index (κ2) is 7.01. The molecule has 1 aromatic rings. The van der Waals surface area contributed by atoms with Crippen LogP contribution in [0.15, 0.2) is 29.4 Å². The minimum Gasteiger partial charge on any atom is -0.409 e. The van der Waals surface area contributed by atoms with E-state index in [0.29, 0.717) is 12.5 Å². The maximum atomic E-state index is 8.56. The molecule has 0 aromatic heterocycles. The number of hydrogen-bond donors (Lipinski definition) is 2. The van der Waals surface area contributed by atoms with Gasteiger partial charge in [-0.25, -0.2) is 0 Å². The zero-order valence-electron chi connectivity index (χ0n) is 11.4. The Bertz CT molecular complexity index is 402. The smallest absolute Gasteiger partial charge is 0.140 e. The van der Waals surface area contributed by atoms with Crippen molar-refractivity contribution in [3.63, 3.8) is 0 Å². The summed E-state index contributed by atoms with van der Waals surface area (Å²) in [7, 11) is 0. The Morgan fingerprint density at radius 3 is 2.72 bits per heavy atom. The molecular formula is C14H23N3O. The lowest BCUT2D eigenvalue weighted by atomic mass is 10.1. The third-order valence-corrected chi connectivity index (χ3v) is 2.98. The highest BCUT2D eigenvalue weighted by Gasteiger charge is 2.10. The molecule has 0 spiro atoms. The van der Waals surface area contributed by atoms with E-state index in [1.54, 1.807) is 0 Å². The molecule has 0 atom stereocenters. The summed E-state index contributed by atoms with van der Waals surface area (Å²) < 4.78 is 0. The molecule has 3 N–H and O–H groups in total. The molecule has 0 fully saturated rings. The van der Waals surface area contributed by atoms with Crippen LogP contribution in [-0.2, 0) is 6.54 Å². The van der Waals surface area contributed by atoms with Gasteiger partial charge in [0.15, 0.2) is 0 Å². The van der Waals surface area contributed by atoms with Gasteiger partial charge in [0.2, 0.25) is 0 Å². The van der Waals surface area contributed by atoms with Crippen LogP contribution >= 0.6 is 0 Å². The molecule has 100 valence electrons. The third kappa shape index (κ3) is 4.75. The van der Waals surface area contributed by atoms with Gasteiger partial charge in [0.25, 0.3) is 0 Å². The Labute approximate surface area is 109 Å². The molecular weight excluding hydrogens is 226 g/mol. The summed E-state index contributed by atoms with van der Waals surface area (Å²) in [6.07, 6.45) is 0.584. The molecule has 0 heterocycles. The van der Waals surface area contributed by atoms with Gasteiger partial charge in [0.1, 0.15) is 5.84 Å². The van der Waals surface area contributed by atoms with Crippen molar-refractivity contribution in [1.82, 2.24) is 4.90 Å². The molecule has 0 aliphatic carbocycles. The molecule has 0 saturated heterocycles. The first-order valence-electron chi connectivity index (χ1n) is 6.29. The summed E-state index contributed by atoms with van der Waals surface area (Å²) in [5, 5.41) is 11.6. The summed E-state index contributed by atoms with van der Waals surface area (Å²) in [4.78, 5) is 2.31. The monoisotopic (exact) mass is 249 g/mol. The quantitative estimate of drug-likeness (QED) is 0.352. The van der Waals surface area contributed by atoms with Gasteiger partial charge in [-0.1, -0.05) is 35.0 Å². The van der Waals surface area contributed by atoms with Crippen LogP contribution in [0.3, 0.4) is 0 Å². The van der Waals surface area contributed by atoms with E-state index in [4.69, 9.17) is 10.9 Å². The van der Waals surface area contributed by atoms with Crippen LogP contribution in [0.4, 0.5) is 0 Å². The summed E-state index contributed by atoms with van der Waals surface area (Å²) >= 11 is 0. The van der Waals surface area contributed by atoms with Crippen molar-refractivity contribution in [1.29, 1.82) is 0 Å². The van der Waals surface area contributed by atoms with Crippen molar-refractivity contribution in [2.45, 2.75) is 39.8 Å². The fourth-order valence-electron chi connectivity index (χ4n) is 1.87. The van der Waals surface area contributed by atoms with E-state index in [-0.39, 0.29) is 5.84 Å². The zero-order chi connectivity index (χ0) is 13.5. The molecule has 4 heteroatoms. The zero-order valence-corrected chi connectivity index (χ0v) is 11.4. The lowest BCUT2D eigenvalue weighted by Gasteiger charge is -2.26. The van der Waals surface area contributed by atoms with Crippen molar-refractivity contribution in [2.24, 2.45) is 10.9 Å². The molecule has 0 aliphatic rings. The van der Waals surface area contributed by atoms with Gasteiger partial charge >= 0.3 is 0 Å². The Morgan fingerprint density at radius 2 is 2.17 bits per heavy atom. The maximum Gasteiger partial charge on any atom is 0.140 e. The highest BCUT2D eigenvalue weighted by atomic mass is 16.4. The van der Waals surface area contributed by atoms with E-state index in [2.05, 4.69) is 55.1 Å². The van der Waals surface area contributed by atoms with E-state index >= 15 is 0 Å². The predicted molar refractivity (Wildman–Crippen MR) is 74.8 cm³/mol. The number of benzene rings is 1. The first-order chi connectivity index (χ1) is 8.52. The molecule has 0 radical (unpaired) electrons. The van der Waals surface area contributed by atoms with Crippen LogP contribution in [-0.4, -0.2) is 28.5 Å². The van der Waals surface area contributed by atoms with Crippen LogP contribution in [0.1, 0.15) is 31.4 Å². The number of nitrogens with zero attached hydrogens (tertiary/aromatic N) is 2. The van der Waals surface area contributed by atoms with Crippen molar-refractivity contribution in [2.75, 3.05) is 6.54 Å². The van der Waals surface area contributed by atoms with E-state index < -0.39 is 0 Å². The van der Waals surface area contributed by atoms with Gasteiger partial charge in [0, 0.05) is 25.6 Å². The number of nitrogens with two attached hydrogens (primary N) is 1. The topological polar surface area (TPSA) is 61.8 Å². The van der Waals surface area contributed by atoms with Crippen LogP contribution < -0.4 is 5.73 Å². The summed E-state index contributed by atoms with van der Waals surface area (Å²) in [5.41, 5.74) is 8.08. The SMILES string of the molecule is Cc1cccc(CN(CC/C(N)=N/O)C(C)C)c1. The molecule has 0 unspecified atom stereocenters. The van der Waals surface area contributed by atoms with Crippen molar-refractivity contribution >= 4 is 5.84 Å². The van der Waals surface area contributed by atoms with Crippen LogP contribution in [0.2, 0.25) is 0 Å². The summed E-state index contributed by atoms with van der Waals surface area (Å²) in [6.45, 7) is 8.09. The molecule has 1 aromatic carbocycles. The Balaban J connectivity index is 2.63. The molecule has 0 saturated carbocycles. The lowest BCUT2D eigenvalue weighted by molar-refractivity contribution is 0.218. The van der Waals surface area contributed by atoms with Crippen LogP contribution in [0, 0.1) is 6.92 Å². The Morgan fingerprint density at radius 1 is 1.44 bits per heavy atom. The number of amidine groups is 1. The van der Waals surface area contributed by atoms with Crippen molar-refractivity contribution in [3.8, 4) is 0 Å². The normalized spacial score (nSPS) is 12.4. The van der Waals surface area contributed by atoms with Crippen molar-refractivity contribution < 1.29 is 5.21 Å². The average molecular weight is 249 g/mol. The molecule has 4 nitrogen and oxygen atoms in total. The Hall–Kier alpha value is -1.55. The molecule has 0 bridgehead atoms. The van der Waals surface area contributed by atoms with Gasteiger partial charge in [-0.3, -0.25) is 4.90 Å². The fraction of sp³-hybridized carbons (Fsp3) is 0.500. The summed E-state index contributed by atoms with van der Waals surface area (Å²) in [6, 6.07) is 8.92. The molecule has 0 amide bonds. The van der Waals surface area contributed by atoms with E-state index in [9.17, 15) is 0 Å². The first kappa shape index (κ1) is 14.5. The van der Waals surface area contributed by atoms with Crippen molar-refractivity contribution in [3.05, 3.63) is 35.4 Å². The number of oxime groups is 1. The third-order valence-electron chi connectivity index (χ3n) is 2.98. The molecule has 0 aliphatic heterocycles. The second-order valence-electron chi connectivity index (χ2n) is 4.89. The number of rotatable bonds is 6. The average Bonchev–Trinajstić information content (AvgIpc) is 2.33. The van der Waals surface area contributed by atoms with Crippen LogP contribution in [0.5, 0.6) is 0 Å². The number of hydrogen-bond acceptors (Lipinski definition) is 3. The minimum absolute atomic E-state index is 0.282. The second-order valence-corrected chi connectivity index (χ2v) is 4.89. The molecule has 1 rings (SSSR count). The standard InChI is InChI=1S/C14H23N3O/c1-11(2)17(8-7-14(15)16-18)10-13-6-4-5-12(3)9-13/h4-6,9,11,18H,7-8,10H2,1-3H3,(H2,15,16). The minimum atomic E-state index is 0.282. The van der Waals surface area contributed by atoms with E-state index in [0.717, 1.165) is 13.1 Å². The Kier molecular flexibility index (Phi) is 5.65. The summed E-state index contributed by atoms with van der Waals surface area (Å²) in [5.74, 6) is 0.282. The van der Waals surface area contributed by atoms with Gasteiger partial charge in [0.05, 0.1) is 0 Å². The van der Waals surface area contributed by atoms with Gasteiger partial charge in [-0.2, -0.15) is 0 Å². The highest BCUT2D eigenvalue weighted by molar-refractivity contribution is 5.79. The lowest BCUT2D eigenvalue weighted by Crippen LogP contribution is -2.33. The highest BCUT2D eigenvalue weighted by Crippen LogP contribution is 2.10. The number of aryl methyl sites for hydroxylation is 1.